The highest BCUT2D eigenvalue weighted by molar-refractivity contribution is 6.05. The van der Waals surface area contributed by atoms with Crippen LogP contribution in [-0.4, -0.2) is 12.3 Å². The predicted molar refractivity (Wildman–Crippen MR) is 42.9 cm³/mol. The molecule has 0 fully saturated rings. The highest BCUT2D eigenvalue weighted by Crippen LogP contribution is 2.17. The van der Waals surface area contributed by atoms with Crippen LogP contribution in [-0.2, 0) is 4.79 Å². The summed E-state index contributed by atoms with van der Waals surface area (Å²) in [4.78, 5) is 11.2. The van der Waals surface area contributed by atoms with E-state index in [0.29, 0.717) is 0 Å². The van der Waals surface area contributed by atoms with Gasteiger partial charge in [-0.1, -0.05) is 18.2 Å². The number of allylic oxidation sites excluding steroid dienone is 4. The number of ketones is 1. The summed E-state index contributed by atoms with van der Waals surface area (Å²) in [6.07, 6.45) is 8.46. The molecule has 0 aromatic carbocycles. The summed E-state index contributed by atoms with van der Waals surface area (Å²) in [7, 11) is 0. The third kappa shape index (κ3) is 1.00. The summed E-state index contributed by atoms with van der Waals surface area (Å²) in [5.41, 5.74) is 1.90. The van der Waals surface area contributed by atoms with Gasteiger partial charge in [0.2, 0.25) is 5.78 Å². The Kier molecular flexibility index (Phi) is 1.39. The molecule has 0 radical (unpaired) electrons. The topological polar surface area (TPSA) is 29.1 Å². The van der Waals surface area contributed by atoms with Crippen molar-refractivity contribution in [1.82, 2.24) is 5.32 Å². The first kappa shape index (κ1) is 6.40. The van der Waals surface area contributed by atoms with Crippen molar-refractivity contribution in [3.63, 3.8) is 0 Å². The van der Waals surface area contributed by atoms with Gasteiger partial charge in [-0.2, -0.15) is 0 Å². The van der Waals surface area contributed by atoms with Crippen molar-refractivity contribution in [1.29, 1.82) is 0 Å². The molecule has 0 bridgehead atoms. The molecule has 1 heterocycles. The quantitative estimate of drug-likeness (QED) is 0.552. The largest absolute Gasteiger partial charge is 0.378 e. The summed E-state index contributed by atoms with van der Waals surface area (Å²) in [6, 6.07) is 0. The maximum absolute atomic E-state index is 11.2. The second-order valence-electron chi connectivity index (χ2n) is 2.65. The van der Waals surface area contributed by atoms with Crippen LogP contribution < -0.4 is 5.32 Å². The lowest BCUT2D eigenvalue weighted by Crippen LogP contribution is -2.25. The average molecular weight is 147 g/mol. The number of rotatable bonds is 0. The SMILES string of the molecule is O=C1C=CCC2=C1NCC=C2. The lowest BCUT2D eigenvalue weighted by atomic mass is 9.99. The van der Waals surface area contributed by atoms with Crippen molar-refractivity contribution in [2.45, 2.75) is 6.42 Å². The van der Waals surface area contributed by atoms with Crippen LogP contribution in [0.2, 0.25) is 0 Å². The molecule has 11 heavy (non-hydrogen) atoms. The zero-order valence-electron chi connectivity index (χ0n) is 6.13. The molecule has 2 nitrogen and oxygen atoms in total. The van der Waals surface area contributed by atoms with E-state index in [1.165, 1.54) is 0 Å². The molecular formula is C9H9NO. The van der Waals surface area contributed by atoms with Gasteiger partial charge in [-0.05, 0) is 18.1 Å². The molecule has 0 saturated heterocycles. The fourth-order valence-corrected chi connectivity index (χ4v) is 1.35. The molecule has 0 unspecified atom stereocenters. The second kappa shape index (κ2) is 2.38. The predicted octanol–water partition coefficient (Wildman–Crippen LogP) is 0.929. The van der Waals surface area contributed by atoms with E-state index in [2.05, 4.69) is 5.32 Å². The van der Waals surface area contributed by atoms with E-state index in [1.54, 1.807) is 6.08 Å². The summed E-state index contributed by atoms with van der Waals surface area (Å²) in [5, 5.41) is 3.06. The van der Waals surface area contributed by atoms with Crippen molar-refractivity contribution >= 4 is 5.78 Å². The van der Waals surface area contributed by atoms with E-state index in [4.69, 9.17) is 0 Å². The van der Waals surface area contributed by atoms with E-state index in [1.807, 2.05) is 18.2 Å². The van der Waals surface area contributed by atoms with Crippen LogP contribution in [0.4, 0.5) is 0 Å². The molecule has 0 aromatic rings. The average Bonchev–Trinajstić information content (AvgIpc) is 2.06. The minimum absolute atomic E-state index is 0.107. The highest BCUT2D eigenvalue weighted by Gasteiger charge is 2.15. The van der Waals surface area contributed by atoms with E-state index in [-0.39, 0.29) is 5.78 Å². The van der Waals surface area contributed by atoms with Gasteiger partial charge in [-0.3, -0.25) is 4.79 Å². The minimum Gasteiger partial charge on any atom is -0.378 e. The fraction of sp³-hybridized carbons (Fsp3) is 0.222. The number of nitrogens with one attached hydrogen (secondary N) is 1. The molecule has 0 atom stereocenters. The molecule has 0 spiro atoms. The first-order valence-electron chi connectivity index (χ1n) is 3.72. The van der Waals surface area contributed by atoms with Gasteiger partial charge >= 0.3 is 0 Å². The normalized spacial score (nSPS) is 21.6. The summed E-state index contributed by atoms with van der Waals surface area (Å²) in [5.74, 6) is 0.107. The summed E-state index contributed by atoms with van der Waals surface area (Å²) in [6.45, 7) is 0.776. The fourth-order valence-electron chi connectivity index (χ4n) is 1.35. The monoisotopic (exact) mass is 147 g/mol. The van der Waals surface area contributed by atoms with Gasteiger partial charge < -0.3 is 5.32 Å². The van der Waals surface area contributed by atoms with Crippen LogP contribution in [0.1, 0.15) is 6.42 Å². The Morgan fingerprint density at radius 3 is 3.00 bits per heavy atom. The minimum atomic E-state index is 0.107. The Labute approximate surface area is 65.3 Å². The van der Waals surface area contributed by atoms with Gasteiger partial charge in [0, 0.05) is 6.54 Å². The lowest BCUT2D eigenvalue weighted by molar-refractivity contribution is -0.111. The molecule has 0 saturated carbocycles. The summed E-state index contributed by atoms with van der Waals surface area (Å²) >= 11 is 0. The van der Waals surface area contributed by atoms with Gasteiger partial charge in [-0.15, -0.1) is 0 Å². The van der Waals surface area contributed by atoms with Crippen molar-refractivity contribution in [3.8, 4) is 0 Å². The van der Waals surface area contributed by atoms with Gasteiger partial charge in [0.15, 0.2) is 0 Å². The smallest absolute Gasteiger partial charge is 0.201 e. The zero-order valence-corrected chi connectivity index (χ0v) is 6.13. The molecular weight excluding hydrogens is 138 g/mol. The van der Waals surface area contributed by atoms with Gasteiger partial charge in [-0.25, -0.2) is 0 Å². The van der Waals surface area contributed by atoms with E-state index >= 15 is 0 Å². The molecule has 1 aliphatic heterocycles. The maximum atomic E-state index is 11.2. The molecule has 2 aliphatic rings. The number of hydrogen-bond acceptors (Lipinski definition) is 2. The number of dihydropyridines is 1. The molecule has 1 N–H and O–H groups in total. The highest BCUT2D eigenvalue weighted by atomic mass is 16.1. The van der Waals surface area contributed by atoms with Crippen LogP contribution in [0.5, 0.6) is 0 Å². The number of carbonyl (C=O) groups is 1. The van der Waals surface area contributed by atoms with E-state index in [0.717, 1.165) is 24.2 Å². The molecule has 2 rings (SSSR count). The first-order valence-corrected chi connectivity index (χ1v) is 3.72. The third-order valence-corrected chi connectivity index (χ3v) is 1.89. The van der Waals surface area contributed by atoms with Crippen LogP contribution in [0.25, 0.3) is 0 Å². The van der Waals surface area contributed by atoms with Gasteiger partial charge in [0.05, 0.1) is 5.70 Å². The third-order valence-electron chi connectivity index (χ3n) is 1.89. The Morgan fingerprint density at radius 2 is 2.18 bits per heavy atom. The van der Waals surface area contributed by atoms with Crippen molar-refractivity contribution in [2.75, 3.05) is 6.54 Å². The van der Waals surface area contributed by atoms with Crippen molar-refractivity contribution < 1.29 is 4.79 Å². The van der Waals surface area contributed by atoms with Crippen LogP contribution >= 0.6 is 0 Å². The molecule has 1 aliphatic carbocycles. The summed E-state index contributed by atoms with van der Waals surface area (Å²) < 4.78 is 0. The Bertz CT molecular complexity index is 284. The number of hydrogen-bond donors (Lipinski definition) is 1. The van der Waals surface area contributed by atoms with Crippen LogP contribution in [0.15, 0.2) is 35.6 Å². The van der Waals surface area contributed by atoms with Gasteiger partial charge in [0.1, 0.15) is 0 Å². The Hall–Kier alpha value is -1.31. The molecule has 0 aromatic heterocycles. The zero-order chi connectivity index (χ0) is 7.68. The lowest BCUT2D eigenvalue weighted by Gasteiger charge is -2.17. The molecule has 56 valence electrons. The van der Waals surface area contributed by atoms with Gasteiger partial charge in [0.25, 0.3) is 0 Å². The van der Waals surface area contributed by atoms with Crippen LogP contribution in [0.3, 0.4) is 0 Å². The first-order chi connectivity index (χ1) is 5.38. The number of carbonyl (C=O) groups excluding carboxylic acids is 1. The standard InChI is InChI=1S/C9H9NO/c11-8-5-1-3-7-4-2-6-10-9(7)8/h1-2,4-5,10H,3,6H2. The van der Waals surface area contributed by atoms with Crippen LogP contribution in [0, 0.1) is 0 Å². The maximum Gasteiger partial charge on any atom is 0.201 e. The van der Waals surface area contributed by atoms with E-state index < -0.39 is 0 Å². The Balaban J connectivity index is 2.39. The van der Waals surface area contributed by atoms with Crippen molar-refractivity contribution in [2.24, 2.45) is 0 Å². The van der Waals surface area contributed by atoms with Crippen molar-refractivity contribution in [3.05, 3.63) is 35.6 Å². The molecule has 0 amide bonds. The molecule has 2 heteroatoms. The van der Waals surface area contributed by atoms with E-state index in [9.17, 15) is 4.79 Å². The Morgan fingerprint density at radius 1 is 1.27 bits per heavy atom. The second-order valence-corrected chi connectivity index (χ2v) is 2.65.